The van der Waals surface area contributed by atoms with Gasteiger partial charge in [-0.2, -0.15) is 26.1 Å². The average Bonchev–Trinajstić information content (AvgIpc) is 1.51. The molecule has 0 radical (unpaired) electrons. The van der Waals surface area contributed by atoms with Crippen molar-refractivity contribution in [2.75, 3.05) is 6.54 Å². The van der Waals surface area contributed by atoms with E-state index < -0.39 is 64.4 Å². The molecule has 2 aromatic heterocycles. The topological polar surface area (TPSA) is 248 Å². The zero-order valence-electron chi connectivity index (χ0n) is 59.1. The summed E-state index contributed by atoms with van der Waals surface area (Å²) in [6.45, 7) is 7.74. The number of benzene rings is 9. The minimum Gasteiger partial charge on any atom is -0.467 e. The van der Waals surface area contributed by atoms with Crippen molar-refractivity contribution >= 4 is 69.0 Å². The molecule has 0 spiro atoms. The molecular formula is C86H80N4O13S4. The van der Waals surface area contributed by atoms with Gasteiger partial charge in [0.05, 0.1) is 38.3 Å². The molecule has 3 aliphatic carbocycles. The zero-order chi connectivity index (χ0) is 75.7. The summed E-state index contributed by atoms with van der Waals surface area (Å²) in [7, 11) is -15.1. The second-order valence-corrected chi connectivity index (χ2v) is 32.8. The average molecular weight is 1510 g/mol. The number of fused-ring (bicyclic) bond motifs is 1. The van der Waals surface area contributed by atoms with Crippen LogP contribution in [0.4, 0.5) is 0 Å². The number of hydrogen-bond acceptors (Lipinski definition) is 13. The van der Waals surface area contributed by atoms with Crippen molar-refractivity contribution in [2.24, 2.45) is 16.2 Å². The Labute approximate surface area is 626 Å². The molecule has 2 N–H and O–H groups in total. The number of rotatable bonds is 16. The third-order valence-electron chi connectivity index (χ3n) is 18.1. The molecule has 9 aromatic carbocycles. The molecule has 4 heterocycles. The molecule has 5 aliphatic rings. The smallest absolute Gasteiger partial charge is 0.282 e. The SMILES string of the molecule is C1=C(c2ccccc2)C2C=C(c3ccccc3)[C@H]1CC2.Cc1ccc(S(=O)(=O)N2CC=CC(=O)[C@@H]2c2ccccc2)cc1.Cc1ccc(S(=O)(=O)N2[C@H](O)C=CC(=O)[C@@H]2c2ccccc2)cc1.Cc1ccc(S(=O)(=O)N=Cc2ccco2)cc1.Cc1ccc(S(=O)(=O)N[C@@H](c2ccccc2)c2ccco2)cc1. The lowest BCUT2D eigenvalue weighted by Gasteiger charge is -2.35. The Bertz CT molecular complexity index is 5380. The van der Waals surface area contributed by atoms with Gasteiger partial charge in [-0.15, -0.1) is 0 Å². The van der Waals surface area contributed by atoms with Crippen molar-refractivity contribution < 1.29 is 57.2 Å². The first-order valence-electron chi connectivity index (χ1n) is 34.5. The monoisotopic (exact) mass is 1500 g/mol. The van der Waals surface area contributed by atoms with Crippen LogP contribution in [0.5, 0.6) is 0 Å². The second kappa shape index (κ2) is 35.0. The second-order valence-electron chi connectivity index (χ2n) is 25.7. The van der Waals surface area contributed by atoms with Crippen molar-refractivity contribution in [3.63, 3.8) is 0 Å². The van der Waals surface area contributed by atoms with Gasteiger partial charge >= 0.3 is 0 Å². The van der Waals surface area contributed by atoms with Crippen molar-refractivity contribution in [3.8, 4) is 0 Å². The van der Waals surface area contributed by atoms with Gasteiger partial charge in [0.1, 0.15) is 35.9 Å². The van der Waals surface area contributed by atoms with E-state index in [1.165, 1.54) is 101 Å². The normalized spacial score (nSPS) is 18.2. The molecule has 6 atom stereocenters. The molecular weight excluding hydrogens is 1430 g/mol. The minimum atomic E-state index is -4.05. The largest absolute Gasteiger partial charge is 0.467 e. The Hall–Kier alpha value is -10.9. The number of nitrogens with zero attached hydrogens (tertiary/aromatic N) is 3. The van der Waals surface area contributed by atoms with Gasteiger partial charge in [0.15, 0.2) is 11.6 Å². The Morgan fingerprint density at radius 3 is 1.34 bits per heavy atom. The molecule has 0 fully saturated rings. The van der Waals surface area contributed by atoms with Crippen LogP contribution in [-0.4, -0.2) is 77.9 Å². The maximum atomic E-state index is 13.0. The molecule has 16 rings (SSSR count). The zero-order valence-corrected chi connectivity index (χ0v) is 62.3. The molecule has 107 heavy (non-hydrogen) atoms. The van der Waals surface area contributed by atoms with Gasteiger partial charge < -0.3 is 13.9 Å². The summed E-state index contributed by atoms with van der Waals surface area (Å²) in [6.07, 6.45) is 15.8. The summed E-state index contributed by atoms with van der Waals surface area (Å²) in [5.74, 6) is 1.53. The van der Waals surface area contributed by atoms with Crippen LogP contribution in [-0.2, 0) is 49.7 Å². The number of hydrogen-bond donors (Lipinski definition) is 2. The standard InChI is InChI=1S/C20H18.C18H17NO4S.2C18H17NO3S.C12H11NO3S/c1-3-7-15(8-4-1)19-13-18-12-11-17(19)14-20(18)16-9-5-2-6-10-16;1-13-7-9-15(10-8-13)24(22,23)19-17(21)12-11-16(20)18(19)14-5-3-2-4-6-14;1-14-9-11-16(12-10-14)23(20,21)19-18(17-8-5-13-22-17)15-6-3-2-4-7-15;1-14-9-11-16(12-10-14)23(21,22)19-13-5-8-17(20)18(19)15-6-3-2-4-7-15;1-10-4-6-12(7-5-10)17(14,15)13-9-11-3-2-8-16-11/h1-10,13-14,17-18H,11-12H2;2-12,17-18,21H,1H3;2-13,18-19H,1H3;2-12,18H,13H2,1H3;2-9H,1H3/t17-,18?;17-,18+;2*18-;/m0100./s1. The highest BCUT2D eigenvalue weighted by atomic mass is 32.2. The lowest BCUT2D eigenvalue weighted by Crippen LogP contribution is -2.46. The van der Waals surface area contributed by atoms with Crippen LogP contribution in [0.3, 0.4) is 0 Å². The van der Waals surface area contributed by atoms with E-state index in [9.17, 15) is 48.4 Å². The van der Waals surface area contributed by atoms with Crippen molar-refractivity contribution in [1.82, 2.24) is 13.3 Å². The first kappa shape index (κ1) is 77.3. The Morgan fingerprint density at radius 1 is 0.458 bits per heavy atom. The van der Waals surface area contributed by atoms with Gasteiger partial charge in [-0.1, -0.05) is 241 Å². The van der Waals surface area contributed by atoms with Crippen LogP contribution in [0.25, 0.3) is 11.1 Å². The Balaban J connectivity index is 0.000000134. The van der Waals surface area contributed by atoms with Crippen LogP contribution in [0, 0.1) is 39.5 Å². The third kappa shape index (κ3) is 19.4. The van der Waals surface area contributed by atoms with E-state index in [1.807, 2.05) is 64.1 Å². The van der Waals surface area contributed by atoms with Gasteiger partial charge in [-0.05, 0) is 171 Å². The highest BCUT2D eigenvalue weighted by molar-refractivity contribution is 7.90. The number of aliphatic hydroxyl groups is 1. The molecule has 2 bridgehead atoms. The quantitative estimate of drug-likeness (QED) is 0.0855. The maximum absolute atomic E-state index is 13.0. The number of sulfonamides is 4. The molecule has 0 saturated heterocycles. The van der Waals surface area contributed by atoms with Gasteiger partial charge in [0, 0.05) is 18.4 Å². The van der Waals surface area contributed by atoms with Gasteiger partial charge in [0.2, 0.25) is 30.1 Å². The molecule has 2 aliphatic heterocycles. The Kier molecular flexibility index (Phi) is 25.3. The lowest BCUT2D eigenvalue weighted by molar-refractivity contribution is -0.121. The molecule has 1 unspecified atom stereocenters. The highest BCUT2D eigenvalue weighted by Gasteiger charge is 2.43. The number of carbonyl (C=O) groups is 2. The fourth-order valence-electron chi connectivity index (χ4n) is 12.5. The van der Waals surface area contributed by atoms with Crippen molar-refractivity contribution in [2.45, 2.75) is 84.5 Å². The predicted molar refractivity (Wildman–Crippen MR) is 416 cm³/mol. The van der Waals surface area contributed by atoms with Crippen LogP contribution in [0.1, 0.15) is 92.6 Å². The highest BCUT2D eigenvalue weighted by Crippen LogP contribution is 2.47. The third-order valence-corrected chi connectivity index (χ3v) is 24.5. The summed E-state index contributed by atoms with van der Waals surface area (Å²) in [4.78, 5) is 25.4. The first-order chi connectivity index (χ1) is 51.5. The summed E-state index contributed by atoms with van der Waals surface area (Å²) in [5, 5.41) is 10.3. The van der Waals surface area contributed by atoms with E-state index in [4.69, 9.17) is 8.83 Å². The summed E-state index contributed by atoms with van der Waals surface area (Å²) in [5.41, 5.74) is 11.8. The van der Waals surface area contributed by atoms with E-state index in [-0.39, 0.29) is 37.7 Å². The predicted octanol–water partition coefficient (Wildman–Crippen LogP) is 16.3. The van der Waals surface area contributed by atoms with Gasteiger partial charge in [0.25, 0.3) is 10.0 Å². The first-order valence-corrected chi connectivity index (χ1v) is 40.3. The van der Waals surface area contributed by atoms with E-state index in [1.54, 1.807) is 158 Å². The lowest BCUT2D eigenvalue weighted by atomic mass is 9.69. The number of allylic oxidation sites excluding steroid dienone is 4. The van der Waals surface area contributed by atoms with E-state index in [0.29, 0.717) is 34.5 Å². The number of furan rings is 2. The fourth-order valence-corrected chi connectivity index (χ4v) is 17.7. The molecule has 17 nitrogen and oxygen atoms in total. The summed E-state index contributed by atoms with van der Waals surface area (Å²) >= 11 is 0. The molecule has 0 saturated carbocycles. The van der Waals surface area contributed by atoms with E-state index >= 15 is 0 Å². The molecule has 0 amide bonds. The van der Waals surface area contributed by atoms with Crippen LogP contribution >= 0.6 is 0 Å². The minimum absolute atomic E-state index is 0.0381. The fraction of sp³-hybridized carbons (Fsp3) is 0.151. The van der Waals surface area contributed by atoms with E-state index in [2.05, 4.69) is 81.9 Å². The Morgan fingerprint density at radius 2 is 0.879 bits per heavy atom. The molecule has 21 heteroatoms. The van der Waals surface area contributed by atoms with Crippen molar-refractivity contribution in [3.05, 3.63) is 384 Å². The number of aryl methyl sites for hydroxylation is 4. The number of carbonyl (C=O) groups excluding carboxylic acids is 2. The van der Waals surface area contributed by atoms with Crippen LogP contribution < -0.4 is 4.72 Å². The van der Waals surface area contributed by atoms with Gasteiger partial charge in [-0.25, -0.2) is 25.3 Å². The van der Waals surface area contributed by atoms with E-state index in [0.717, 1.165) is 32.1 Å². The van der Waals surface area contributed by atoms with Crippen molar-refractivity contribution in [1.29, 1.82) is 0 Å². The summed E-state index contributed by atoms with van der Waals surface area (Å²) in [6, 6.07) is 79.2. The number of aliphatic hydroxyl groups excluding tert-OH is 1. The van der Waals surface area contributed by atoms with Crippen LogP contribution in [0.15, 0.2) is 355 Å². The maximum Gasteiger partial charge on any atom is 0.282 e. The van der Waals surface area contributed by atoms with Crippen LogP contribution in [0.2, 0.25) is 0 Å². The molecule has 546 valence electrons. The summed E-state index contributed by atoms with van der Waals surface area (Å²) < 4.78 is 120. The van der Waals surface area contributed by atoms with Gasteiger partial charge in [-0.3, -0.25) is 9.59 Å². The number of nitrogens with one attached hydrogen (secondary N) is 1. The molecule has 11 aromatic rings. The number of ketones is 2.